The van der Waals surface area contributed by atoms with E-state index in [1.807, 2.05) is 18.2 Å². The summed E-state index contributed by atoms with van der Waals surface area (Å²) in [6, 6.07) is 16.7. The maximum atomic E-state index is 5.39. The number of nitrogens with one attached hydrogen (secondary N) is 1. The monoisotopic (exact) mass is 241 g/mol. The maximum absolute atomic E-state index is 5.39. The molecule has 0 aromatic heterocycles. The number of methoxy groups -OCH3 is 1. The van der Waals surface area contributed by atoms with Crippen molar-refractivity contribution in [2.45, 2.75) is 19.9 Å². The summed E-state index contributed by atoms with van der Waals surface area (Å²) in [6.07, 6.45) is 0. The number of hydrogen-bond acceptors (Lipinski definition) is 2. The molecule has 0 amide bonds. The van der Waals surface area contributed by atoms with Crippen molar-refractivity contribution in [3.63, 3.8) is 0 Å². The molecule has 2 aromatic rings. The van der Waals surface area contributed by atoms with Crippen LogP contribution in [0.5, 0.6) is 5.75 Å². The highest BCUT2D eigenvalue weighted by Gasteiger charge is 2.10. The van der Waals surface area contributed by atoms with E-state index in [1.54, 1.807) is 7.11 Å². The van der Waals surface area contributed by atoms with Gasteiger partial charge < -0.3 is 10.1 Å². The van der Waals surface area contributed by atoms with E-state index in [2.05, 4.69) is 49.5 Å². The average molecular weight is 241 g/mol. The van der Waals surface area contributed by atoms with E-state index in [0.717, 1.165) is 11.4 Å². The molecule has 2 nitrogen and oxygen atoms in total. The summed E-state index contributed by atoms with van der Waals surface area (Å²) < 4.78 is 5.39. The molecule has 0 radical (unpaired) electrons. The van der Waals surface area contributed by atoms with Crippen LogP contribution in [0.1, 0.15) is 24.1 Å². The minimum atomic E-state index is 0.211. The van der Waals surface area contributed by atoms with E-state index in [4.69, 9.17) is 4.74 Å². The molecule has 1 atom stereocenters. The first-order valence-corrected chi connectivity index (χ1v) is 6.17. The second kappa shape index (κ2) is 5.58. The van der Waals surface area contributed by atoms with E-state index in [1.165, 1.54) is 11.1 Å². The Labute approximate surface area is 109 Å². The van der Waals surface area contributed by atoms with Gasteiger partial charge in [0.2, 0.25) is 0 Å². The third kappa shape index (κ3) is 2.83. The van der Waals surface area contributed by atoms with Gasteiger partial charge in [-0.3, -0.25) is 0 Å². The van der Waals surface area contributed by atoms with Crippen LogP contribution in [-0.2, 0) is 0 Å². The van der Waals surface area contributed by atoms with Gasteiger partial charge in [0.15, 0.2) is 0 Å². The van der Waals surface area contributed by atoms with Crippen LogP contribution in [0.3, 0.4) is 0 Å². The number of para-hydroxylation sites is 1. The molecule has 1 N–H and O–H groups in total. The van der Waals surface area contributed by atoms with Gasteiger partial charge in [0.1, 0.15) is 5.75 Å². The molecule has 0 aliphatic heterocycles. The van der Waals surface area contributed by atoms with E-state index in [-0.39, 0.29) is 6.04 Å². The smallest absolute Gasteiger partial charge is 0.124 e. The van der Waals surface area contributed by atoms with Crippen LogP contribution < -0.4 is 10.1 Å². The van der Waals surface area contributed by atoms with Gasteiger partial charge in [-0.2, -0.15) is 0 Å². The first-order chi connectivity index (χ1) is 8.70. The van der Waals surface area contributed by atoms with Gasteiger partial charge in [-0.1, -0.05) is 30.3 Å². The lowest BCUT2D eigenvalue weighted by Gasteiger charge is -2.18. The lowest BCUT2D eigenvalue weighted by Crippen LogP contribution is -2.08. The van der Waals surface area contributed by atoms with Crippen molar-refractivity contribution in [2.24, 2.45) is 0 Å². The summed E-state index contributed by atoms with van der Waals surface area (Å²) in [5.74, 6) is 0.921. The van der Waals surface area contributed by atoms with Crippen LogP contribution in [0.2, 0.25) is 0 Å². The molecule has 0 heterocycles. The molecular weight excluding hydrogens is 222 g/mol. The Morgan fingerprint density at radius 2 is 1.83 bits per heavy atom. The molecule has 2 heteroatoms. The van der Waals surface area contributed by atoms with E-state index in [9.17, 15) is 0 Å². The third-order valence-electron chi connectivity index (χ3n) is 3.01. The summed E-state index contributed by atoms with van der Waals surface area (Å²) in [4.78, 5) is 0. The standard InChI is InChI=1S/C16H19NO/c1-12-7-6-8-14(11-12)17-13(2)15-9-4-5-10-16(15)18-3/h4-11,13,17H,1-3H3. The molecule has 2 rings (SSSR count). The molecule has 18 heavy (non-hydrogen) atoms. The van der Waals surface area contributed by atoms with E-state index < -0.39 is 0 Å². The van der Waals surface area contributed by atoms with Gasteiger partial charge in [-0.05, 0) is 37.6 Å². The van der Waals surface area contributed by atoms with Crippen LogP contribution in [0.15, 0.2) is 48.5 Å². The Morgan fingerprint density at radius 1 is 1.06 bits per heavy atom. The average Bonchev–Trinajstić information content (AvgIpc) is 2.38. The first-order valence-electron chi connectivity index (χ1n) is 6.17. The molecule has 0 aliphatic rings. The number of hydrogen-bond donors (Lipinski definition) is 1. The minimum Gasteiger partial charge on any atom is -0.496 e. The highest BCUT2D eigenvalue weighted by molar-refractivity contribution is 5.49. The quantitative estimate of drug-likeness (QED) is 0.867. The molecular formula is C16H19NO. The molecule has 0 saturated carbocycles. The fourth-order valence-electron chi connectivity index (χ4n) is 2.09. The van der Waals surface area contributed by atoms with Crippen molar-refractivity contribution in [3.05, 3.63) is 59.7 Å². The predicted octanol–water partition coefficient (Wildman–Crippen LogP) is 4.18. The van der Waals surface area contributed by atoms with Gasteiger partial charge in [-0.25, -0.2) is 0 Å². The topological polar surface area (TPSA) is 21.3 Å². The maximum Gasteiger partial charge on any atom is 0.124 e. The van der Waals surface area contributed by atoms with Crippen molar-refractivity contribution < 1.29 is 4.74 Å². The summed E-state index contributed by atoms with van der Waals surface area (Å²) in [5, 5.41) is 3.49. The van der Waals surface area contributed by atoms with Gasteiger partial charge >= 0.3 is 0 Å². The van der Waals surface area contributed by atoms with Gasteiger partial charge in [0.25, 0.3) is 0 Å². The van der Waals surface area contributed by atoms with Crippen molar-refractivity contribution in [3.8, 4) is 5.75 Å². The molecule has 94 valence electrons. The summed E-state index contributed by atoms with van der Waals surface area (Å²) in [6.45, 7) is 4.24. The Morgan fingerprint density at radius 3 is 2.56 bits per heavy atom. The zero-order valence-corrected chi connectivity index (χ0v) is 11.1. The number of benzene rings is 2. The molecule has 0 bridgehead atoms. The SMILES string of the molecule is COc1ccccc1C(C)Nc1cccc(C)c1. The number of aryl methyl sites for hydroxylation is 1. The minimum absolute atomic E-state index is 0.211. The lowest BCUT2D eigenvalue weighted by atomic mass is 10.1. The zero-order valence-electron chi connectivity index (χ0n) is 11.1. The summed E-state index contributed by atoms with van der Waals surface area (Å²) in [5.41, 5.74) is 3.56. The molecule has 1 unspecified atom stereocenters. The molecule has 0 saturated heterocycles. The zero-order chi connectivity index (χ0) is 13.0. The van der Waals surface area contributed by atoms with Crippen LogP contribution in [0.25, 0.3) is 0 Å². The highest BCUT2D eigenvalue weighted by Crippen LogP contribution is 2.27. The van der Waals surface area contributed by atoms with Gasteiger partial charge in [-0.15, -0.1) is 0 Å². The summed E-state index contributed by atoms with van der Waals surface area (Å²) in [7, 11) is 1.71. The predicted molar refractivity (Wildman–Crippen MR) is 76.2 cm³/mol. The Hall–Kier alpha value is -1.96. The largest absolute Gasteiger partial charge is 0.496 e. The normalized spacial score (nSPS) is 11.9. The number of ether oxygens (including phenoxy) is 1. The number of anilines is 1. The Balaban J connectivity index is 2.19. The van der Waals surface area contributed by atoms with E-state index >= 15 is 0 Å². The fourth-order valence-corrected chi connectivity index (χ4v) is 2.09. The van der Waals surface area contributed by atoms with Crippen LogP contribution >= 0.6 is 0 Å². The second-order valence-corrected chi connectivity index (χ2v) is 4.48. The van der Waals surface area contributed by atoms with Crippen molar-refractivity contribution in [1.82, 2.24) is 0 Å². The fraction of sp³-hybridized carbons (Fsp3) is 0.250. The molecule has 0 spiro atoms. The Bertz CT molecular complexity index is 522. The van der Waals surface area contributed by atoms with Gasteiger partial charge in [0.05, 0.1) is 13.2 Å². The molecule has 2 aromatic carbocycles. The second-order valence-electron chi connectivity index (χ2n) is 4.48. The number of rotatable bonds is 4. The van der Waals surface area contributed by atoms with Gasteiger partial charge in [0, 0.05) is 11.3 Å². The summed E-state index contributed by atoms with van der Waals surface area (Å²) >= 11 is 0. The highest BCUT2D eigenvalue weighted by atomic mass is 16.5. The molecule has 0 fully saturated rings. The van der Waals surface area contributed by atoms with Crippen LogP contribution in [0.4, 0.5) is 5.69 Å². The Kier molecular flexibility index (Phi) is 3.88. The van der Waals surface area contributed by atoms with Crippen molar-refractivity contribution in [1.29, 1.82) is 0 Å². The van der Waals surface area contributed by atoms with Crippen LogP contribution in [-0.4, -0.2) is 7.11 Å². The van der Waals surface area contributed by atoms with Crippen molar-refractivity contribution in [2.75, 3.05) is 12.4 Å². The van der Waals surface area contributed by atoms with E-state index in [0.29, 0.717) is 0 Å². The van der Waals surface area contributed by atoms with Crippen molar-refractivity contribution >= 4 is 5.69 Å². The lowest BCUT2D eigenvalue weighted by molar-refractivity contribution is 0.408. The van der Waals surface area contributed by atoms with Crippen LogP contribution in [0, 0.1) is 6.92 Å². The first kappa shape index (κ1) is 12.5. The third-order valence-corrected chi connectivity index (χ3v) is 3.01. The molecule has 0 aliphatic carbocycles.